The lowest BCUT2D eigenvalue weighted by atomic mass is 10.2. The summed E-state index contributed by atoms with van der Waals surface area (Å²) in [4.78, 5) is 11.9. The smallest absolute Gasteiger partial charge is 0.375 e. The zero-order valence-electron chi connectivity index (χ0n) is 11.5. The standard InChI is InChI=1S/C13H9F4NO4S/c1-2-5-18-10-6-8(14)3-4-9(10)11(7-12(18)19)22-23(20,21)13(15,16)17/h2-7H,1H3. The Labute approximate surface area is 127 Å². The highest BCUT2D eigenvalue weighted by molar-refractivity contribution is 7.88. The maximum atomic E-state index is 13.4. The van der Waals surface area contributed by atoms with Gasteiger partial charge in [0, 0.05) is 17.7 Å². The van der Waals surface area contributed by atoms with Gasteiger partial charge in [0.2, 0.25) is 0 Å². The summed E-state index contributed by atoms with van der Waals surface area (Å²) in [6.07, 6.45) is 2.70. The first-order valence-corrected chi connectivity index (χ1v) is 7.46. The van der Waals surface area contributed by atoms with Crippen LogP contribution in [0.4, 0.5) is 17.6 Å². The molecule has 0 aliphatic heterocycles. The van der Waals surface area contributed by atoms with Gasteiger partial charge in [0.1, 0.15) is 5.82 Å². The summed E-state index contributed by atoms with van der Waals surface area (Å²) in [6.45, 7) is 1.57. The monoisotopic (exact) mass is 351 g/mol. The van der Waals surface area contributed by atoms with E-state index in [0.29, 0.717) is 6.07 Å². The van der Waals surface area contributed by atoms with Gasteiger partial charge in [0.25, 0.3) is 5.56 Å². The van der Waals surface area contributed by atoms with Gasteiger partial charge in [-0.15, -0.1) is 0 Å². The molecule has 0 radical (unpaired) electrons. The van der Waals surface area contributed by atoms with Gasteiger partial charge in [-0.1, -0.05) is 6.08 Å². The van der Waals surface area contributed by atoms with Crippen LogP contribution >= 0.6 is 0 Å². The van der Waals surface area contributed by atoms with E-state index in [0.717, 1.165) is 22.8 Å². The fraction of sp³-hybridized carbons (Fsp3) is 0.154. The number of alkyl halides is 3. The lowest BCUT2D eigenvalue weighted by molar-refractivity contribution is -0.0499. The number of benzene rings is 1. The van der Waals surface area contributed by atoms with Gasteiger partial charge in [0.05, 0.1) is 5.52 Å². The third-order valence-electron chi connectivity index (χ3n) is 2.76. The molecule has 0 amide bonds. The Morgan fingerprint density at radius 2 is 1.87 bits per heavy atom. The number of aromatic nitrogens is 1. The Morgan fingerprint density at radius 3 is 2.43 bits per heavy atom. The van der Waals surface area contributed by atoms with E-state index in [4.69, 9.17) is 0 Å². The van der Waals surface area contributed by atoms with Crippen molar-refractivity contribution in [3.8, 4) is 5.75 Å². The lowest BCUT2D eigenvalue weighted by Gasteiger charge is -2.13. The fourth-order valence-electron chi connectivity index (χ4n) is 1.83. The highest BCUT2D eigenvalue weighted by Gasteiger charge is 2.48. The van der Waals surface area contributed by atoms with Crippen LogP contribution in [0.3, 0.4) is 0 Å². The lowest BCUT2D eigenvalue weighted by Crippen LogP contribution is -2.29. The molecule has 23 heavy (non-hydrogen) atoms. The number of allylic oxidation sites excluding steroid dienone is 1. The largest absolute Gasteiger partial charge is 0.534 e. The van der Waals surface area contributed by atoms with Crippen LogP contribution in [0, 0.1) is 5.82 Å². The Hall–Kier alpha value is -2.36. The number of fused-ring (bicyclic) bond motifs is 1. The maximum absolute atomic E-state index is 13.4. The minimum Gasteiger partial charge on any atom is -0.375 e. The molecule has 0 aliphatic rings. The normalized spacial score (nSPS) is 12.9. The van der Waals surface area contributed by atoms with E-state index in [1.54, 1.807) is 6.92 Å². The molecular formula is C13H9F4NO4S. The second kappa shape index (κ2) is 5.69. The summed E-state index contributed by atoms with van der Waals surface area (Å²) < 4.78 is 77.8. The zero-order valence-corrected chi connectivity index (χ0v) is 12.3. The molecular weight excluding hydrogens is 342 g/mol. The molecule has 0 saturated heterocycles. The summed E-state index contributed by atoms with van der Waals surface area (Å²) in [7, 11) is -5.95. The summed E-state index contributed by atoms with van der Waals surface area (Å²) in [5.74, 6) is -1.59. The fourth-order valence-corrected chi connectivity index (χ4v) is 2.30. The second-order valence-corrected chi connectivity index (χ2v) is 5.88. The van der Waals surface area contributed by atoms with Crippen LogP contribution in [0.5, 0.6) is 5.75 Å². The first-order chi connectivity index (χ1) is 10.6. The van der Waals surface area contributed by atoms with Gasteiger partial charge in [0.15, 0.2) is 5.75 Å². The first-order valence-electron chi connectivity index (χ1n) is 6.05. The molecule has 10 heteroatoms. The van der Waals surface area contributed by atoms with Gasteiger partial charge >= 0.3 is 15.6 Å². The molecule has 0 atom stereocenters. The average Bonchev–Trinajstić information content (AvgIpc) is 2.41. The quantitative estimate of drug-likeness (QED) is 0.485. The molecule has 124 valence electrons. The van der Waals surface area contributed by atoms with Gasteiger partial charge in [-0.25, -0.2) is 4.39 Å². The molecule has 0 saturated carbocycles. The minimum absolute atomic E-state index is 0.136. The molecule has 5 nitrogen and oxygen atoms in total. The van der Waals surface area contributed by atoms with Crippen molar-refractivity contribution in [2.75, 3.05) is 0 Å². The summed E-state index contributed by atoms with van der Waals surface area (Å²) >= 11 is 0. The molecule has 1 heterocycles. The highest BCUT2D eigenvalue weighted by Crippen LogP contribution is 2.31. The van der Waals surface area contributed by atoms with E-state index in [1.165, 1.54) is 12.3 Å². The molecule has 0 bridgehead atoms. The Morgan fingerprint density at radius 1 is 1.22 bits per heavy atom. The summed E-state index contributed by atoms with van der Waals surface area (Å²) in [5, 5.41) is -0.170. The maximum Gasteiger partial charge on any atom is 0.534 e. The van der Waals surface area contributed by atoms with Crippen molar-refractivity contribution in [1.82, 2.24) is 4.57 Å². The third kappa shape index (κ3) is 3.21. The van der Waals surface area contributed by atoms with Gasteiger partial charge in [-0.3, -0.25) is 9.36 Å². The van der Waals surface area contributed by atoms with Crippen LogP contribution in [0.2, 0.25) is 0 Å². The molecule has 2 rings (SSSR count). The SMILES string of the molecule is CC=Cn1c(=O)cc(OS(=O)(=O)C(F)(F)F)c2ccc(F)cc21. The number of halogens is 4. The second-order valence-electron chi connectivity index (χ2n) is 4.34. The number of nitrogens with zero attached hydrogens (tertiary/aromatic N) is 1. The topological polar surface area (TPSA) is 65.4 Å². The summed E-state index contributed by atoms with van der Waals surface area (Å²) in [5.41, 5.74) is -6.67. The van der Waals surface area contributed by atoms with Crippen LogP contribution in [-0.2, 0) is 10.1 Å². The minimum atomic E-state index is -5.95. The molecule has 0 aliphatic carbocycles. The average molecular weight is 351 g/mol. The van der Waals surface area contributed by atoms with Gasteiger partial charge < -0.3 is 4.18 Å². The van der Waals surface area contributed by atoms with E-state index in [9.17, 15) is 30.8 Å². The first kappa shape index (κ1) is 17.0. The molecule has 0 spiro atoms. The van der Waals surface area contributed by atoms with Crippen molar-refractivity contribution in [1.29, 1.82) is 0 Å². The van der Waals surface area contributed by atoms with Gasteiger partial charge in [-0.2, -0.15) is 21.6 Å². The van der Waals surface area contributed by atoms with E-state index < -0.39 is 32.8 Å². The zero-order chi connectivity index (χ0) is 17.4. The molecule has 1 aromatic carbocycles. The Balaban J connectivity index is 2.78. The van der Waals surface area contributed by atoms with Crippen LogP contribution < -0.4 is 9.74 Å². The predicted octanol–water partition coefficient (Wildman–Crippen LogP) is 2.86. The Kier molecular flexibility index (Phi) is 4.20. The molecule has 1 aromatic heterocycles. The summed E-state index contributed by atoms with van der Waals surface area (Å²) in [6, 6.07) is 3.39. The molecule has 0 N–H and O–H groups in total. The van der Waals surface area contributed by atoms with Crippen molar-refractivity contribution >= 4 is 27.2 Å². The third-order valence-corrected chi connectivity index (χ3v) is 3.72. The number of hydrogen-bond acceptors (Lipinski definition) is 4. The van der Waals surface area contributed by atoms with Crippen molar-refractivity contribution in [2.45, 2.75) is 12.4 Å². The highest BCUT2D eigenvalue weighted by atomic mass is 32.2. The number of pyridine rings is 1. The van der Waals surface area contributed by atoms with E-state index in [-0.39, 0.29) is 10.9 Å². The predicted molar refractivity (Wildman–Crippen MR) is 74.8 cm³/mol. The van der Waals surface area contributed by atoms with E-state index in [2.05, 4.69) is 4.18 Å². The number of hydrogen-bond donors (Lipinski definition) is 0. The van der Waals surface area contributed by atoms with Gasteiger partial charge in [-0.05, 0) is 25.1 Å². The number of rotatable bonds is 3. The van der Waals surface area contributed by atoms with E-state index in [1.807, 2.05) is 0 Å². The van der Waals surface area contributed by atoms with Crippen molar-refractivity contribution in [2.24, 2.45) is 0 Å². The molecule has 0 unspecified atom stereocenters. The van der Waals surface area contributed by atoms with Crippen LogP contribution in [0.15, 0.2) is 35.1 Å². The van der Waals surface area contributed by atoms with Crippen LogP contribution in [0.1, 0.15) is 6.92 Å². The molecule has 0 fully saturated rings. The van der Waals surface area contributed by atoms with Crippen LogP contribution in [-0.4, -0.2) is 18.5 Å². The van der Waals surface area contributed by atoms with Crippen molar-refractivity contribution in [3.05, 3.63) is 46.5 Å². The molecule has 2 aromatic rings. The Bertz CT molecular complexity index is 945. The van der Waals surface area contributed by atoms with Crippen LogP contribution in [0.25, 0.3) is 17.1 Å². The van der Waals surface area contributed by atoms with Crippen molar-refractivity contribution < 1.29 is 30.2 Å². The van der Waals surface area contributed by atoms with Crippen molar-refractivity contribution in [3.63, 3.8) is 0 Å². The van der Waals surface area contributed by atoms with E-state index >= 15 is 0 Å².